The largest absolute Gasteiger partial charge is 0.478 e. The lowest BCUT2D eigenvalue weighted by Crippen LogP contribution is -2.39. The van der Waals surface area contributed by atoms with Gasteiger partial charge in [-0.1, -0.05) is 18.2 Å². The van der Waals surface area contributed by atoms with Gasteiger partial charge in [0.05, 0.1) is 23.7 Å². The fourth-order valence-electron chi connectivity index (χ4n) is 2.55. The quantitative estimate of drug-likeness (QED) is 0.541. The summed E-state index contributed by atoms with van der Waals surface area (Å²) in [7, 11) is -3.67. The third-order valence-electron chi connectivity index (χ3n) is 3.74. The Kier molecular flexibility index (Phi) is 6.53. The number of carbonyl (C=O) groups is 2. The minimum absolute atomic E-state index is 0.137. The summed E-state index contributed by atoms with van der Waals surface area (Å²) >= 11 is 0. The van der Waals surface area contributed by atoms with Crippen molar-refractivity contribution in [2.75, 3.05) is 17.1 Å². The molecule has 2 N–H and O–H groups in total. The Morgan fingerprint density at radius 2 is 1.68 bits per heavy atom. The molecule has 0 aliphatic heterocycles. The van der Waals surface area contributed by atoms with Gasteiger partial charge in [0.15, 0.2) is 0 Å². The highest BCUT2D eigenvalue weighted by Crippen LogP contribution is 2.21. The topological polar surface area (TPSA) is 116 Å². The molecule has 0 spiro atoms. The molecule has 0 heterocycles. The summed E-state index contributed by atoms with van der Waals surface area (Å²) in [5.41, 5.74) is 5.17. The number of aromatic carboxylic acids is 1. The molecule has 8 nitrogen and oxygen atoms in total. The molecule has 148 valence electrons. The van der Waals surface area contributed by atoms with Crippen molar-refractivity contribution in [2.45, 2.75) is 13.8 Å². The van der Waals surface area contributed by atoms with Crippen LogP contribution in [0, 0.1) is 13.8 Å². The molecule has 0 aliphatic rings. The highest BCUT2D eigenvalue weighted by Gasteiger charge is 2.21. The lowest BCUT2D eigenvalue weighted by atomic mass is 10.1. The summed E-state index contributed by atoms with van der Waals surface area (Å²) in [6, 6.07) is 11.2. The van der Waals surface area contributed by atoms with E-state index in [1.54, 1.807) is 12.1 Å². The predicted molar refractivity (Wildman–Crippen MR) is 107 cm³/mol. The van der Waals surface area contributed by atoms with Crippen molar-refractivity contribution in [1.29, 1.82) is 0 Å². The predicted octanol–water partition coefficient (Wildman–Crippen LogP) is 1.92. The molecule has 0 atom stereocenters. The zero-order valence-electron chi connectivity index (χ0n) is 15.7. The number of nitrogens with one attached hydrogen (secondary N) is 1. The van der Waals surface area contributed by atoms with Gasteiger partial charge in [-0.2, -0.15) is 5.10 Å². The number of aryl methyl sites for hydroxylation is 2. The van der Waals surface area contributed by atoms with Gasteiger partial charge in [-0.05, 0) is 54.8 Å². The smallest absolute Gasteiger partial charge is 0.335 e. The van der Waals surface area contributed by atoms with Gasteiger partial charge in [-0.15, -0.1) is 0 Å². The van der Waals surface area contributed by atoms with Crippen LogP contribution in [0.25, 0.3) is 0 Å². The Hall–Kier alpha value is -3.20. The zero-order valence-corrected chi connectivity index (χ0v) is 16.5. The maximum absolute atomic E-state index is 12.2. The average molecular weight is 403 g/mol. The summed E-state index contributed by atoms with van der Waals surface area (Å²) in [6.07, 6.45) is 2.37. The van der Waals surface area contributed by atoms with Crippen molar-refractivity contribution in [2.24, 2.45) is 5.10 Å². The van der Waals surface area contributed by atoms with Crippen LogP contribution in [0.1, 0.15) is 27.0 Å². The second-order valence-corrected chi connectivity index (χ2v) is 8.24. The Morgan fingerprint density at radius 1 is 1.11 bits per heavy atom. The van der Waals surface area contributed by atoms with Gasteiger partial charge in [0, 0.05) is 0 Å². The standard InChI is InChI=1S/C19H21N3O5S/c1-13-8-14(2)10-17(9-13)22(28(3,26)27)12-18(23)21-20-11-15-4-6-16(7-5-15)19(24)25/h4-11H,12H2,1-3H3,(H,21,23)(H,24,25)/b20-11-. The van der Waals surface area contributed by atoms with Gasteiger partial charge in [0.2, 0.25) is 10.0 Å². The van der Waals surface area contributed by atoms with E-state index in [0.29, 0.717) is 11.3 Å². The summed E-state index contributed by atoms with van der Waals surface area (Å²) < 4.78 is 25.3. The molecule has 0 radical (unpaired) electrons. The summed E-state index contributed by atoms with van der Waals surface area (Å²) in [6.45, 7) is 3.27. The first-order valence-corrected chi connectivity index (χ1v) is 10.1. The molecular weight excluding hydrogens is 382 g/mol. The number of carboxylic acid groups (broad SMARTS) is 1. The van der Waals surface area contributed by atoms with E-state index in [4.69, 9.17) is 5.11 Å². The zero-order chi connectivity index (χ0) is 20.9. The Morgan fingerprint density at radius 3 is 2.18 bits per heavy atom. The number of anilines is 1. The summed E-state index contributed by atoms with van der Waals surface area (Å²) in [5.74, 6) is -1.65. The van der Waals surface area contributed by atoms with E-state index >= 15 is 0 Å². The van der Waals surface area contributed by atoms with E-state index < -0.39 is 28.4 Å². The van der Waals surface area contributed by atoms with Crippen LogP contribution in [0.15, 0.2) is 47.6 Å². The van der Waals surface area contributed by atoms with Crippen molar-refractivity contribution in [3.8, 4) is 0 Å². The number of amides is 1. The van der Waals surface area contributed by atoms with Crippen LogP contribution in [0.3, 0.4) is 0 Å². The molecule has 1 amide bonds. The van der Waals surface area contributed by atoms with Gasteiger partial charge >= 0.3 is 5.97 Å². The first kappa shape index (κ1) is 21.1. The molecule has 2 aromatic rings. The average Bonchev–Trinajstić information content (AvgIpc) is 2.58. The van der Waals surface area contributed by atoms with Crippen LogP contribution in [0.4, 0.5) is 5.69 Å². The van der Waals surface area contributed by atoms with E-state index in [2.05, 4.69) is 10.5 Å². The fraction of sp³-hybridized carbons (Fsp3) is 0.211. The Bertz CT molecular complexity index is 994. The van der Waals surface area contributed by atoms with Crippen molar-refractivity contribution in [1.82, 2.24) is 5.43 Å². The monoisotopic (exact) mass is 403 g/mol. The van der Waals surface area contributed by atoms with Crippen molar-refractivity contribution in [3.63, 3.8) is 0 Å². The second kappa shape index (κ2) is 8.66. The number of hydrazone groups is 1. The third-order valence-corrected chi connectivity index (χ3v) is 4.88. The van der Waals surface area contributed by atoms with Gasteiger partial charge in [-0.3, -0.25) is 9.10 Å². The Labute approximate surface area is 163 Å². The van der Waals surface area contributed by atoms with Crippen LogP contribution in [0.2, 0.25) is 0 Å². The van der Waals surface area contributed by atoms with Gasteiger partial charge < -0.3 is 5.11 Å². The molecule has 0 saturated heterocycles. The number of hydrogen-bond donors (Lipinski definition) is 2. The molecule has 0 saturated carbocycles. The number of hydrogen-bond acceptors (Lipinski definition) is 5. The van der Waals surface area contributed by atoms with E-state index in [1.807, 2.05) is 19.9 Å². The maximum Gasteiger partial charge on any atom is 0.335 e. The Balaban J connectivity index is 2.08. The van der Waals surface area contributed by atoms with Crippen molar-refractivity contribution in [3.05, 3.63) is 64.7 Å². The van der Waals surface area contributed by atoms with E-state index in [1.165, 1.54) is 30.5 Å². The van der Waals surface area contributed by atoms with Gasteiger partial charge in [0.25, 0.3) is 5.91 Å². The molecule has 0 unspecified atom stereocenters. The molecule has 9 heteroatoms. The number of carboxylic acids is 1. The molecule has 0 aromatic heterocycles. The molecule has 0 aliphatic carbocycles. The minimum Gasteiger partial charge on any atom is -0.478 e. The first-order chi connectivity index (χ1) is 13.1. The van der Waals surface area contributed by atoms with Gasteiger partial charge in [-0.25, -0.2) is 18.6 Å². The van der Waals surface area contributed by atoms with Crippen LogP contribution in [-0.2, 0) is 14.8 Å². The second-order valence-electron chi connectivity index (χ2n) is 6.34. The fourth-order valence-corrected chi connectivity index (χ4v) is 3.39. The number of sulfonamides is 1. The normalized spacial score (nSPS) is 11.4. The number of rotatable bonds is 7. The number of benzene rings is 2. The molecule has 2 aromatic carbocycles. The van der Waals surface area contributed by atoms with Crippen LogP contribution in [0.5, 0.6) is 0 Å². The first-order valence-electron chi connectivity index (χ1n) is 8.27. The van der Waals surface area contributed by atoms with Crippen LogP contribution >= 0.6 is 0 Å². The van der Waals surface area contributed by atoms with Crippen LogP contribution < -0.4 is 9.73 Å². The van der Waals surface area contributed by atoms with Crippen molar-refractivity contribution >= 4 is 33.8 Å². The highest BCUT2D eigenvalue weighted by atomic mass is 32.2. The SMILES string of the molecule is Cc1cc(C)cc(N(CC(=O)N/N=C\c2ccc(C(=O)O)cc2)S(C)(=O)=O)c1. The van der Waals surface area contributed by atoms with E-state index in [9.17, 15) is 18.0 Å². The molecule has 0 bridgehead atoms. The van der Waals surface area contributed by atoms with Gasteiger partial charge in [0.1, 0.15) is 6.54 Å². The lowest BCUT2D eigenvalue weighted by molar-refractivity contribution is -0.119. The molecule has 0 fully saturated rings. The van der Waals surface area contributed by atoms with E-state index in [-0.39, 0.29) is 5.56 Å². The number of carbonyl (C=O) groups excluding carboxylic acids is 1. The molecule has 2 rings (SSSR count). The van der Waals surface area contributed by atoms with E-state index in [0.717, 1.165) is 21.7 Å². The number of nitrogens with zero attached hydrogens (tertiary/aromatic N) is 2. The van der Waals surface area contributed by atoms with Crippen LogP contribution in [-0.4, -0.2) is 44.4 Å². The highest BCUT2D eigenvalue weighted by molar-refractivity contribution is 7.92. The third kappa shape index (κ3) is 5.92. The maximum atomic E-state index is 12.2. The molecular formula is C19H21N3O5S. The summed E-state index contributed by atoms with van der Waals surface area (Å²) in [4.78, 5) is 23.0. The van der Waals surface area contributed by atoms with Crippen molar-refractivity contribution < 1.29 is 23.1 Å². The summed E-state index contributed by atoms with van der Waals surface area (Å²) in [5, 5.41) is 12.6. The lowest BCUT2D eigenvalue weighted by Gasteiger charge is -2.22. The minimum atomic E-state index is -3.67. The molecule has 28 heavy (non-hydrogen) atoms.